The first-order chi connectivity index (χ1) is 11.9. The van der Waals surface area contributed by atoms with Crippen LogP contribution in [0.5, 0.6) is 0 Å². The Morgan fingerprint density at radius 1 is 0.640 bits per heavy atom. The molecule has 0 aromatic carbocycles. The summed E-state index contributed by atoms with van der Waals surface area (Å²) in [7, 11) is 0. The fraction of sp³-hybridized carbons (Fsp3) is 0.556. The first-order valence-electron chi connectivity index (χ1n) is 8.46. The van der Waals surface area contributed by atoms with Gasteiger partial charge in [-0.05, 0) is 36.5 Å². The van der Waals surface area contributed by atoms with E-state index in [9.17, 15) is 29.4 Å². The van der Waals surface area contributed by atoms with Gasteiger partial charge in [0.1, 0.15) is 0 Å². The normalized spacial score (nSPS) is 42.7. The molecule has 2 saturated carbocycles. The van der Waals surface area contributed by atoms with Crippen LogP contribution in [0.25, 0.3) is 0 Å². The molecule has 0 spiro atoms. The van der Waals surface area contributed by atoms with E-state index in [1.165, 1.54) is 0 Å². The molecule has 7 nitrogen and oxygen atoms in total. The number of hydrogen-bond donors (Lipinski definition) is 2. The second-order valence-electron chi connectivity index (χ2n) is 7.42. The Balaban J connectivity index is 1.50. The summed E-state index contributed by atoms with van der Waals surface area (Å²) in [6.45, 7) is 0. The Morgan fingerprint density at radius 2 is 0.960 bits per heavy atom. The fourth-order valence-corrected chi connectivity index (χ4v) is 5.20. The zero-order valence-electron chi connectivity index (χ0n) is 13.3. The summed E-state index contributed by atoms with van der Waals surface area (Å²) in [4.78, 5) is 47.9. The van der Waals surface area contributed by atoms with Gasteiger partial charge in [0.2, 0.25) is 0 Å². The second kappa shape index (κ2) is 5.54. The molecule has 0 radical (unpaired) electrons. The van der Waals surface area contributed by atoms with Crippen molar-refractivity contribution in [2.45, 2.75) is 12.8 Å². The van der Waals surface area contributed by atoms with Crippen LogP contribution >= 0.6 is 0 Å². The van der Waals surface area contributed by atoms with Gasteiger partial charge in [-0.2, -0.15) is 0 Å². The van der Waals surface area contributed by atoms with Crippen LogP contribution < -0.4 is 0 Å². The molecule has 2 fully saturated rings. The van der Waals surface area contributed by atoms with Gasteiger partial charge in [-0.3, -0.25) is 19.2 Å². The number of carboxylic acid groups (broad SMARTS) is 2. The molecule has 0 heterocycles. The van der Waals surface area contributed by atoms with E-state index in [2.05, 4.69) is 0 Å². The van der Waals surface area contributed by atoms with Crippen LogP contribution in [0, 0.1) is 47.3 Å². The van der Waals surface area contributed by atoms with E-state index in [0.29, 0.717) is 12.8 Å². The van der Waals surface area contributed by atoms with Gasteiger partial charge in [0.15, 0.2) is 0 Å². The molecule has 8 atom stereocenters. The number of fused-ring (bicyclic) bond motifs is 4. The lowest BCUT2D eigenvalue weighted by Crippen LogP contribution is -2.39. The number of ether oxygens (including phenoxy) is 1. The van der Waals surface area contributed by atoms with Crippen molar-refractivity contribution in [1.29, 1.82) is 0 Å². The first-order valence-corrected chi connectivity index (χ1v) is 8.46. The molecule has 4 aliphatic rings. The molecule has 2 N–H and O–H groups in total. The van der Waals surface area contributed by atoms with E-state index in [-0.39, 0.29) is 23.7 Å². The van der Waals surface area contributed by atoms with Gasteiger partial charge < -0.3 is 14.9 Å². The van der Waals surface area contributed by atoms with Gasteiger partial charge >= 0.3 is 23.9 Å². The quantitative estimate of drug-likeness (QED) is 0.444. The molecular formula is C18H18O7. The fourth-order valence-electron chi connectivity index (χ4n) is 5.20. The number of esters is 2. The molecule has 132 valence electrons. The largest absolute Gasteiger partial charge is 0.481 e. The van der Waals surface area contributed by atoms with Gasteiger partial charge in [0.05, 0.1) is 23.7 Å². The summed E-state index contributed by atoms with van der Waals surface area (Å²) in [6, 6.07) is 0. The molecule has 0 aromatic rings. The number of carbonyl (C=O) groups is 4. The summed E-state index contributed by atoms with van der Waals surface area (Å²) in [5, 5.41) is 18.8. The van der Waals surface area contributed by atoms with E-state index < -0.39 is 47.5 Å². The van der Waals surface area contributed by atoms with Gasteiger partial charge in [0, 0.05) is 0 Å². The van der Waals surface area contributed by atoms with Crippen molar-refractivity contribution in [3.8, 4) is 0 Å². The summed E-state index contributed by atoms with van der Waals surface area (Å²) in [6.07, 6.45) is 8.35. The molecule has 4 unspecified atom stereocenters. The topological polar surface area (TPSA) is 118 Å². The highest BCUT2D eigenvalue weighted by molar-refractivity contribution is 5.93. The first kappa shape index (κ1) is 16.1. The molecule has 4 bridgehead atoms. The minimum atomic E-state index is -1.07. The number of carboxylic acids is 2. The van der Waals surface area contributed by atoms with E-state index in [0.717, 1.165) is 0 Å². The van der Waals surface area contributed by atoms with Crippen LogP contribution in [0.3, 0.4) is 0 Å². The Kier molecular flexibility index (Phi) is 3.56. The number of rotatable bonds is 4. The van der Waals surface area contributed by atoms with Crippen LogP contribution in [-0.2, 0) is 23.9 Å². The van der Waals surface area contributed by atoms with E-state index >= 15 is 0 Å². The maximum Gasteiger partial charge on any atom is 0.318 e. The maximum atomic E-state index is 12.5. The highest BCUT2D eigenvalue weighted by atomic mass is 16.6. The monoisotopic (exact) mass is 346 g/mol. The summed E-state index contributed by atoms with van der Waals surface area (Å²) < 4.78 is 5.01. The molecule has 25 heavy (non-hydrogen) atoms. The third-order valence-corrected chi connectivity index (χ3v) is 6.23. The van der Waals surface area contributed by atoms with Crippen molar-refractivity contribution in [3.05, 3.63) is 24.3 Å². The zero-order chi connectivity index (χ0) is 17.9. The summed E-state index contributed by atoms with van der Waals surface area (Å²) >= 11 is 0. The van der Waals surface area contributed by atoms with Gasteiger partial charge in [-0.1, -0.05) is 24.3 Å². The Bertz CT molecular complexity index is 661. The minimum absolute atomic E-state index is 0.215. The van der Waals surface area contributed by atoms with Crippen LogP contribution in [-0.4, -0.2) is 34.1 Å². The SMILES string of the molecule is O=C(O)C1C2C=CC(C2)C1C(=O)OC(=O)[C@H]1[C@@H](C(=O)O)[C@@H]2C=C[C@H]1C2. The van der Waals surface area contributed by atoms with Crippen molar-refractivity contribution in [2.24, 2.45) is 47.3 Å². The standard InChI is InChI=1S/C18H18O7/c19-15(20)11-7-1-3-9(5-7)13(11)17(23)25-18(24)14-10-4-2-8(6-10)12(14)16(21)22/h1-4,7-14H,5-6H2,(H,19,20)(H,21,22)/t7-,8?,9+,10?,11+,12?,13-,14?/m1/s1. The lowest BCUT2D eigenvalue weighted by molar-refractivity contribution is -0.173. The van der Waals surface area contributed by atoms with Crippen LogP contribution in [0.15, 0.2) is 24.3 Å². The highest BCUT2D eigenvalue weighted by Gasteiger charge is 2.56. The van der Waals surface area contributed by atoms with Gasteiger partial charge in [-0.15, -0.1) is 0 Å². The summed E-state index contributed by atoms with van der Waals surface area (Å²) in [5.41, 5.74) is 0. The molecule has 0 amide bonds. The predicted octanol–water partition coefficient (Wildman–Crippen LogP) is 1.10. The van der Waals surface area contributed by atoms with Crippen LogP contribution in [0.4, 0.5) is 0 Å². The average Bonchev–Trinajstić information content (AvgIpc) is 3.31. The second-order valence-corrected chi connectivity index (χ2v) is 7.42. The molecule has 4 aliphatic carbocycles. The molecule has 7 heteroatoms. The van der Waals surface area contributed by atoms with Crippen LogP contribution in [0.2, 0.25) is 0 Å². The van der Waals surface area contributed by atoms with Crippen molar-refractivity contribution < 1.29 is 34.1 Å². The van der Waals surface area contributed by atoms with E-state index in [4.69, 9.17) is 4.74 Å². The molecule has 0 aliphatic heterocycles. The number of hydrogen-bond acceptors (Lipinski definition) is 5. The van der Waals surface area contributed by atoms with Crippen molar-refractivity contribution in [2.75, 3.05) is 0 Å². The third kappa shape index (κ3) is 2.33. The Labute approximate surface area is 143 Å². The van der Waals surface area contributed by atoms with Crippen LogP contribution in [0.1, 0.15) is 12.8 Å². The Morgan fingerprint density at radius 3 is 1.28 bits per heavy atom. The van der Waals surface area contributed by atoms with Gasteiger partial charge in [-0.25, -0.2) is 0 Å². The maximum absolute atomic E-state index is 12.5. The minimum Gasteiger partial charge on any atom is -0.481 e. The zero-order valence-corrected chi connectivity index (χ0v) is 13.3. The predicted molar refractivity (Wildman–Crippen MR) is 81.8 cm³/mol. The number of aliphatic carboxylic acids is 2. The van der Waals surface area contributed by atoms with Crippen molar-refractivity contribution >= 4 is 23.9 Å². The highest BCUT2D eigenvalue weighted by Crippen LogP contribution is 2.50. The molecule has 0 saturated heterocycles. The third-order valence-electron chi connectivity index (χ3n) is 6.23. The number of carbonyl (C=O) groups excluding carboxylic acids is 2. The smallest absolute Gasteiger partial charge is 0.318 e. The van der Waals surface area contributed by atoms with E-state index in [1.54, 1.807) is 24.3 Å². The lowest BCUT2D eigenvalue weighted by atomic mass is 9.82. The number of allylic oxidation sites excluding steroid dienone is 4. The lowest BCUT2D eigenvalue weighted by Gasteiger charge is -2.25. The average molecular weight is 346 g/mol. The molecule has 4 rings (SSSR count). The van der Waals surface area contributed by atoms with Crippen molar-refractivity contribution in [1.82, 2.24) is 0 Å². The molecule has 0 aromatic heterocycles. The van der Waals surface area contributed by atoms with Crippen molar-refractivity contribution in [3.63, 3.8) is 0 Å². The summed E-state index contributed by atoms with van der Waals surface area (Å²) in [5.74, 6) is -8.26. The Hall–Kier alpha value is -2.44. The van der Waals surface area contributed by atoms with E-state index in [1.807, 2.05) is 0 Å². The molecular weight excluding hydrogens is 328 g/mol. The van der Waals surface area contributed by atoms with Gasteiger partial charge in [0.25, 0.3) is 0 Å².